The summed E-state index contributed by atoms with van der Waals surface area (Å²) in [5, 5.41) is 2.83. The Bertz CT molecular complexity index is 929. The lowest BCUT2D eigenvalue weighted by Gasteiger charge is -2.34. The molecule has 0 bridgehead atoms. The van der Waals surface area contributed by atoms with Crippen LogP contribution in [0.5, 0.6) is 0 Å². The van der Waals surface area contributed by atoms with Gasteiger partial charge in [-0.2, -0.15) is 13.2 Å². The summed E-state index contributed by atoms with van der Waals surface area (Å²) in [6, 6.07) is 4.42. The summed E-state index contributed by atoms with van der Waals surface area (Å²) in [4.78, 5) is 18.7. The van der Waals surface area contributed by atoms with Gasteiger partial charge in [-0.1, -0.05) is 0 Å². The normalized spacial score (nSPS) is 20.3. The molecule has 4 rings (SSSR count). The smallest absolute Gasteiger partial charge is 0.352 e. The van der Waals surface area contributed by atoms with Crippen molar-refractivity contribution in [2.45, 2.75) is 37.9 Å². The Labute approximate surface area is 165 Å². The van der Waals surface area contributed by atoms with Crippen molar-refractivity contribution in [3.63, 3.8) is 0 Å². The molecular weight excluding hydrogens is 386 g/mol. The summed E-state index contributed by atoms with van der Waals surface area (Å²) in [6.45, 7) is 2.16. The van der Waals surface area contributed by atoms with E-state index in [-0.39, 0.29) is 18.4 Å². The highest BCUT2D eigenvalue weighted by Gasteiger charge is 2.32. The van der Waals surface area contributed by atoms with Crippen LogP contribution in [0, 0.1) is 5.82 Å². The molecule has 154 valence electrons. The van der Waals surface area contributed by atoms with Crippen molar-refractivity contribution in [2.75, 3.05) is 19.6 Å². The topological polar surface area (TPSA) is 45.2 Å². The highest BCUT2D eigenvalue weighted by molar-refractivity contribution is 5.96. The molecule has 1 aromatic carbocycles. The Hall–Kier alpha value is -2.48. The molecule has 1 atom stereocenters. The number of piperidine rings is 1. The lowest BCUT2D eigenvalue weighted by atomic mass is 9.87. The Morgan fingerprint density at radius 3 is 2.86 bits per heavy atom. The van der Waals surface area contributed by atoms with Crippen LogP contribution in [0.2, 0.25) is 0 Å². The number of rotatable bonds is 3. The number of carbonyl (C=O) groups excluding carboxylic acids is 1. The Morgan fingerprint density at radius 1 is 1.24 bits per heavy atom. The van der Waals surface area contributed by atoms with E-state index in [1.807, 2.05) is 4.90 Å². The number of aromatic nitrogens is 1. The molecule has 0 radical (unpaired) electrons. The largest absolute Gasteiger partial charge is 0.416 e. The van der Waals surface area contributed by atoms with Crippen molar-refractivity contribution < 1.29 is 22.4 Å². The van der Waals surface area contributed by atoms with E-state index in [0.717, 1.165) is 49.2 Å². The number of carbonyl (C=O) groups is 1. The number of likely N-dealkylation sites (tertiary alicyclic amines) is 1. The van der Waals surface area contributed by atoms with Crippen molar-refractivity contribution in [3.05, 3.63) is 64.2 Å². The molecule has 1 amide bonds. The SMILES string of the molecule is O=C1NCCc2c1ccnc2[C@@H]1CCCN(Cc2cc(F)cc(C(F)(F)F)c2)C1. The monoisotopic (exact) mass is 407 g/mol. The van der Waals surface area contributed by atoms with Crippen molar-refractivity contribution in [1.82, 2.24) is 15.2 Å². The van der Waals surface area contributed by atoms with Gasteiger partial charge < -0.3 is 5.32 Å². The quantitative estimate of drug-likeness (QED) is 0.785. The zero-order valence-electron chi connectivity index (χ0n) is 15.7. The fraction of sp³-hybridized carbons (Fsp3) is 0.429. The first-order valence-electron chi connectivity index (χ1n) is 9.66. The first kappa shape index (κ1) is 19.8. The predicted molar refractivity (Wildman–Crippen MR) is 98.9 cm³/mol. The molecule has 3 heterocycles. The van der Waals surface area contributed by atoms with Crippen molar-refractivity contribution in [2.24, 2.45) is 0 Å². The summed E-state index contributed by atoms with van der Waals surface area (Å²) >= 11 is 0. The lowest BCUT2D eigenvalue weighted by Crippen LogP contribution is -2.37. The van der Waals surface area contributed by atoms with Crippen LogP contribution in [0.3, 0.4) is 0 Å². The molecule has 2 aromatic rings. The van der Waals surface area contributed by atoms with E-state index >= 15 is 0 Å². The summed E-state index contributed by atoms with van der Waals surface area (Å²) < 4.78 is 52.7. The third kappa shape index (κ3) is 4.27. The first-order chi connectivity index (χ1) is 13.8. The second-order valence-electron chi connectivity index (χ2n) is 7.65. The van der Waals surface area contributed by atoms with Gasteiger partial charge in [0, 0.05) is 43.0 Å². The third-order valence-electron chi connectivity index (χ3n) is 5.58. The Kier molecular flexibility index (Phi) is 5.29. The van der Waals surface area contributed by atoms with Gasteiger partial charge in [0.2, 0.25) is 0 Å². The van der Waals surface area contributed by atoms with Gasteiger partial charge in [0.05, 0.1) is 5.56 Å². The summed E-state index contributed by atoms with van der Waals surface area (Å²) in [5.74, 6) is -0.879. The van der Waals surface area contributed by atoms with Crippen molar-refractivity contribution in [3.8, 4) is 0 Å². The van der Waals surface area contributed by atoms with E-state index in [1.165, 1.54) is 0 Å². The molecule has 2 aliphatic heterocycles. The average molecular weight is 407 g/mol. The molecule has 1 saturated heterocycles. The van der Waals surface area contributed by atoms with Crippen LogP contribution >= 0.6 is 0 Å². The van der Waals surface area contributed by atoms with Crippen molar-refractivity contribution in [1.29, 1.82) is 0 Å². The second kappa shape index (κ2) is 7.74. The Morgan fingerprint density at radius 2 is 2.07 bits per heavy atom. The minimum atomic E-state index is -4.57. The molecule has 2 aliphatic rings. The van der Waals surface area contributed by atoms with Gasteiger partial charge in [-0.05, 0) is 61.2 Å². The second-order valence-corrected chi connectivity index (χ2v) is 7.65. The Balaban J connectivity index is 1.54. The van der Waals surface area contributed by atoms with Crippen LogP contribution in [0.4, 0.5) is 17.6 Å². The third-order valence-corrected chi connectivity index (χ3v) is 5.58. The van der Waals surface area contributed by atoms with Crippen LogP contribution < -0.4 is 5.32 Å². The maximum atomic E-state index is 13.7. The van der Waals surface area contributed by atoms with E-state index in [4.69, 9.17) is 0 Å². The minimum absolute atomic E-state index is 0.0954. The van der Waals surface area contributed by atoms with Crippen LogP contribution in [0.25, 0.3) is 0 Å². The fourth-order valence-corrected chi connectivity index (χ4v) is 4.32. The first-order valence-corrected chi connectivity index (χ1v) is 9.66. The van der Waals surface area contributed by atoms with Crippen LogP contribution in [0.1, 0.15) is 51.5 Å². The number of benzene rings is 1. The number of hydrogen-bond donors (Lipinski definition) is 1. The molecule has 4 nitrogen and oxygen atoms in total. The molecule has 29 heavy (non-hydrogen) atoms. The van der Waals surface area contributed by atoms with E-state index in [0.29, 0.717) is 30.3 Å². The molecule has 1 fully saturated rings. The highest BCUT2D eigenvalue weighted by atomic mass is 19.4. The lowest BCUT2D eigenvalue weighted by molar-refractivity contribution is -0.137. The van der Waals surface area contributed by atoms with E-state index < -0.39 is 17.6 Å². The van der Waals surface area contributed by atoms with Gasteiger partial charge in [0.1, 0.15) is 5.82 Å². The van der Waals surface area contributed by atoms with Gasteiger partial charge in [-0.15, -0.1) is 0 Å². The molecule has 1 N–H and O–H groups in total. The van der Waals surface area contributed by atoms with Crippen LogP contribution in [0.15, 0.2) is 30.5 Å². The van der Waals surface area contributed by atoms with Crippen LogP contribution in [-0.4, -0.2) is 35.4 Å². The van der Waals surface area contributed by atoms with Gasteiger partial charge in [0.25, 0.3) is 5.91 Å². The fourth-order valence-electron chi connectivity index (χ4n) is 4.32. The van der Waals surface area contributed by atoms with Gasteiger partial charge in [0.15, 0.2) is 0 Å². The number of halogens is 4. The molecule has 0 saturated carbocycles. The maximum absolute atomic E-state index is 13.7. The predicted octanol–water partition coefficient (Wildman–Crippen LogP) is 3.91. The van der Waals surface area contributed by atoms with Crippen LogP contribution in [-0.2, 0) is 19.1 Å². The number of hydrogen-bond acceptors (Lipinski definition) is 3. The zero-order valence-corrected chi connectivity index (χ0v) is 15.7. The number of alkyl halides is 3. The molecular formula is C21H21F4N3O. The molecule has 0 unspecified atom stereocenters. The minimum Gasteiger partial charge on any atom is -0.352 e. The number of fused-ring (bicyclic) bond motifs is 1. The molecule has 0 spiro atoms. The highest BCUT2D eigenvalue weighted by Crippen LogP contribution is 2.33. The van der Waals surface area contributed by atoms with E-state index in [9.17, 15) is 22.4 Å². The van der Waals surface area contributed by atoms with Crippen molar-refractivity contribution >= 4 is 5.91 Å². The molecule has 1 aromatic heterocycles. The summed E-state index contributed by atoms with van der Waals surface area (Å²) in [7, 11) is 0. The maximum Gasteiger partial charge on any atom is 0.416 e. The number of nitrogens with one attached hydrogen (secondary N) is 1. The summed E-state index contributed by atoms with van der Waals surface area (Å²) in [5.41, 5.74) is 1.86. The standard InChI is InChI=1S/C21H21F4N3O/c22-16-9-13(8-15(10-16)21(23,24)25)11-28-7-1-2-14(12-28)19-17-3-6-27-20(29)18(17)4-5-26-19/h4-5,8-10,14H,1-3,6-7,11-12H2,(H,27,29)/t14-/m1/s1. The number of pyridine rings is 1. The zero-order chi connectivity index (χ0) is 20.6. The molecule has 0 aliphatic carbocycles. The van der Waals surface area contributed by atoms with Gasteiger partial charge >= 0.3 is 6.18 Å². The molecule has 8 heteroatoms. The van der Waals surface area contributed by atoms with Gasteiger partial charge in [-0.3, -0.25) is 14.7 Å². The number of nitrogens with zero attached hydrogens (tertiary/aromatic N) is 2. The van der Waals surface area contributed by atoms with E-state index in [2.05, 4.69) is 10.3 Å². The van der Waals surface area contributed by atoms with E-state index in [1.54, 1.807) is 12.3 Å². The number of amides is 1. The van der Waals surface area contributed by atoms with Gasteiger partial charge in [-0.25, -0.2) is 4.39 Å². The summed E-state index contributed by atoms with van der Waals surface area (Å²) in [6.07, 6.45) is -0.448. The average Bonchev–Trinajstić information content (AvgIpc) is 2.67.